The first-order valence-electron chi connectivity index (χ1n) is 9.93. The molecule has 1 atom stereocenters. The largest absolute Gasteiger partial charge is 0.494 e. The summed E-state index contributed by atoms with van der Waals surface area (Å²) < 4.78 is 19.0. The zero-order valence-corrected chi connectivity index (χ0v) is 20.4. The molecule has 0 spiro atoms. The number of guanidine groups is 1. The number of nitrogens with one attached hydrogen (secondary N) is 2. The Balaban J connectivity index is 0.00000420. The monoisotopic (exact) mass is 520 g/mol. The van der Waals surface area contributed by atoms with E-state index in [4.69, 9.17) is 9.73 Å². The predicted octanol–water partition coefficient (Wildman–Crippen LogP) is 3.72. The number of rotatable bonds is 7. The smallest absolute Gasteiger partial charge is 0.230 e. The van der Waals surface area contributed by atoms with Crippen LogP contribution >= 0.6 is 24.0 Å². The van der Waals surface area contributed by atoms with Crippen LogP contribution in [0.25, 0.3) is 0 Å². The fraction of sp³-hybridized carbons (Fsp3) is 0.619. The van der Waals surface area contributed by atoms with Gasteiger partial charge in [-0.2, -0.15) is 0 Å². The summed E-state index contributed by atoms with van der Waals surface area (Å²) in [6, 6.07) is 4.77. The first-order chi connectivity index (χ1) is 13.3. The summed E-state index contributed by atoms with van der Waals surface area (Å²) >= 11 is 0. The maximum absolute atomic E-state index is 14.0. The minimum atomic E-state index is -0.415. The lowest BCUT2D eigenvalue weighted by molar-refractivity contribution is -0.138. The van der Waals surface area contributed by atoms with E-state index < -0.39 is 11.2 Å². The Labute approximate surface area is 190 Å². The molecular formula is C21H34FIN4O2. The van der Waals surface area contributed by atoms with E-state index in [9.17, 15) is 9.18 Å². The van der Waals surface area contributed by atoms with Gasteiger partial charge in [0.2, 0.25) is 5.91 Å². The minimum Gasteiger partial charge on any atom is -0.494 e. The average molecular weight is 520 g/mol. The third-order valence-corrected chi connectivity index (χ3v) is 5.33. The molecule has 0 aromatic heterocycles. The molecule has 2 rings (SSSR count). The number of methoxy groups -OCH3 is 1. The van der Waals surface area contributed by atoms with Crippen LogP contribution < -0.4 is 15.4 Å². The lowest BCUT2D eigenvalue weighted by atomic mass is 9.85. The third-order valence-electron chi connectivity index (χ3n) is 5.33. The molecule has 0 saturated heterocycles. The van der Waals surface area contributed by atoms with Gasteiger partial charge in [0, 0.05) is 20.6 Å². The third kappa shape index (κ3) is 6.45. The summed E-state index contributed by atoms with van der Waals surface area (Å²) in [6.45, 7) is 5.09. The highest BCUT2D eigenvalue weighted by Crippen LogP contribution is 2.39. The molecule has 1 fully saturated rings. The van der Waals surface area contributed by atoms with Crippen LogP contribution in [0.2, 0.25) is 0 Å². The molecule has 1 saturated carbocycles. The van der Waals surface area contributed by atoms with Gasteiger partial charge in [0.15, 0.2) is 17.5 Å². The summed E-state index contributed by atoms with van der Waals surface area (Å²) in [7, 11) is 5.05. The summed E-state index contributed by atoms with van der Waals surface area (Å²) in [4.78, 5) is 19.1. The molecule has 1 amide bonds. The normalized spacial score (nSPS) is 16.6. The van der Waals surface area contributed by atoms with Gasteiger partial charge < -0.3 is 20.3 Å². The van der Waals surface area contributed by atoms with Gasteiger partial charge in [0.05, 0.1) is 25.1 Å². The maximum Gasteiger partial charge on any atom is 0.230 e. The molecule has 1 aromatic rings. The number of nitrogens with zero attached hydrogens (tertiary/aromatic N) is 2. The van der Waals surface area contributed by atoms with E-state index in [0.717, 1.165) is 31.2 Å². The molecule has 8 heteroatoms. The van der Waals surface area contributed by atoms with Crippen molar-refractivity contribution >= 4 is 35.8 Å². The van der Waals surface area contributed by atoms with Crippen molar-refractivity contribution in [2.24, 2.45) is 10.4 Å². The van der Waals surface area contributed by atoms with Gasteiger partial charge in [-0.15, -0.1) is 24.0 Å². The van der Waals surface area contributed by atoms with E-state index in [0.29, 0.717) is 19.0 Å². The zero-order chi connectivity index (χ0) is 20.7. The van der Waals surface area contributed by atoms with E-state index in [-0.39, 0.29) is 41.7 Å². The van der Waals surface area contributed by atoms with Gasteiger partial charge in [0.1, 0.15) is 0 Å². The van der Waals surface area contributed by atoms with Crippen LogP contribution in [-0.4, -0.2) is 51.1 Å². The number of benzene rings is 1. The van der Waals surface area contributed by atoms with Crippen molar-refractivity contribution in [2.45, 2.75) is 45.6 Å². The Kier molecular flexibility index (Phi) is 10.2. The second-order valence-corrected chi connectivity index (χ2v) is 7.64. The molecule has 6 nitrogen and oxygen atoms in total. The van der Waals surface area contributed by atoms with Crippen LogP contribution in [0.3, 0.4) is 0 Å². The van der Waals surface area contributed by atoms with Crippen molar-refractivity contribution < 1.29 is 13.9 Å². The fourth-order valence-electron chi connectivity index (χ4n) is 3.76. The summed E-state index contributed by atoms with van der Waals surface area (Å²) in [5.41, 5.74) is 0.380. The molecule has 1 aliphatic carbocycles. The quantitative estimate of drug-likeness (QED) is 0.327. The number of aliphatic imine (C=N–C) groups is 1. The van der Waals surface area contributed by atoms with E-state index >= 15 is 0 Å². The van der Waals surface area contributed by atoms with Crippen molar-refractivity contribution in [2.75, 3.05) is 34.3 Å². The highest BCUT2D eigenvalue weighted by molar-refractivity contribution is 14.0. The number of halogens is 2. The summed E-state index contributed by atoms with van der Waals surface area (Å²) in [5, 5.41) is 6.54. The number of carbonyl (C=O) groups excluding carboxylic acids is 1. The molecule has 29 heavy (non-hydrogen) atoms. The minimum absolute atomic E-state index is 0. The van der Waals surface area contributed by atoms with Gasteiger partial charge in [-0.3, -0.25) is 9.79 Å². The van der Waals surface area contributed by atoms with E-state index in [1.165, 1.54) is 13.2 Å². The Morgan fingerprint density at radius 2 is 2.00 bits per heavy atom. The first kappa shape index (κ1) is 25.5. The molecule has 164 valence electrons. The van der Waals surface area contributed by atoms with Crippen LogP contribution in [0.1, 0.15) is 51.1 Å². The van der Waals surface area contributed by atoms with Gasteiger partial charge in [0.25, 0.3) is 0 Å². The van der Waals surface area contributed by atoms with Crippen LogP contribution in [0, 0.1) is 11.2 Å². The van der Waals surface area contributed by atoms with Crippen molar-refractivity contribution in [3.63, 3.8) is 0 Å². The average Bonchev–Trinajstić information content (AvgIpc) is 3.15. The molecule has 1 unspecified atom stereocenters. The first-order valence-corrected chi connectivity index (χ1v) is 9.93. The van der Waals surface area contributed by atoms with Crippen molar-refractivity contribution in [1.82, 2.24) is 15.5 Å². The Bertz CT molecular complexity index is 706. The molecule has 1 aromatic carbocycles. The number of hydrogen-bond acceptors (Lipinski definition) is 3. The number of carbonyl (C=O) groups is 1. The molecular weight excluding hydrogens is 486 g/mol. The van der Waals surface area contributed by atoms with Crippen molar-refractivity contribution in [3.8, 4) is 5.75 Å². The van der Waals surface area contributed by atoms with Gasteiger partial charge in [-0.25, -0.2) is 4.39 Å². The molecule has 0 bridgehead atoms. The highest BCUT2D eigenvalue weighted by atomic mass is 127. The summed E-state index contributed by atoms with van der Waals surface area (Å²) in [5.74, 6) is 0.609. The summed E-state index contributed by atoms with van der Waals surface area (Å²) in [6.07, 6.45) is 3.85. The van der Waals surface area contributed by atoms with E-state index in [1.54, 1.807) is 25.1 Å². The molecule has 0 radical (unpaired) electrons. The van der Waals surface area contributed by atoms with E-state index in [1.807, 2.05) is 19.9 Å². The van der Waals surface area contributed by atoms with Gasteiger partial charge >= 0.3 is 0 Å². The lowest BCUT2D eigenvalue weighted by Gasteiger charge is -2.29. The Hall–Kier alpha value is -1.58. The zero-order valence-electron chi connectivity index (χ0n) is 18.0. The van der Waals surface area contributed by atoms with Crippen molar-refractivity contribution in [3.05, 3.63) is 29.6 Å². The van der Waals surface area contributed by atoms with Crippen LogP contribution in [0.5, 0.6) is 5.75 Å². The predicted molar refractivity (Wildman–Crippen MR) is 125 cm³/mol. The topological polar surface area (TPSA) is 66.0 Å². The number of amides is 1. The van der Waals surface area contributed by atoms with Crippen LogP contribution in [-0.2, 0) is 4.79 Å². The second kappa shape index (κ2) is 11.6. The Morgan fingerprint density at radius 3 is 2.52 bits per heavy atom. The second-order valence-electron chi connectivity index (χ2n) is 7.64. The SMILES string of the molecule is CCNC(=NCC1(C(=O)N(C)C)CCCC1)NC(C)c1ccc(OC)c(F)c1.I. The Morgan fingerprint density at radius 1 is 1.34 bits per heavy atom. The lowest BCUT2D eigenvalue weighted by Crippen LogP contribution is -2.43. The highest BCUT2D eigenvalue weighted by Gasteiger charge is 2.42. The number of hydrogen-bond donors (Lipinski definition) is 2. The van der Waals surface area contributed by atoms with Crippen molar-refractivity contribution in [1.29, 1.82) is 0 Å². The maximum atomic E-state index is 14.0. The van der Waals surface area contributed by atoms with Crippen LogP contribution in [0.15, 0.2) is 23.2 Å². The van der Waals surface area contributed by atoms with Gasteiger partial charge in [-0.05, 0) is 44.4 Å². The molecule has 0 aliphatic heterocycles. The fourth-order valence-corrected chi connectivity index (χ4v) is 3.76. The van der Waals surface area contributed by atoms with Gasteiger partial charge in [-0.1, -0.05) is 18.9 Å². The van der Waals surface area contributed by atoms with Crippen LogP contribution in [0.4, 0.5) is 4.39 Å². The molecule has 1 aliphatic rings. The molecule has 0 heterocycles. The molecule has 2 N–H and O–H groups in total. The van der Waals surface area contributed by atoms with E-state index in [2.05, 4.69) is 10.6 Å². The number of ether oxygens (including phenoxy) is 1. The standard InChI is InChI=1S/C21H33FN4O2.HI/c1-6-23-20(24-14-21(11-7-8-12-21)19(27)26(3)4)25-15(2)16-9-10-18(28-5)17(22)13-16;/h9-10,13,15H,6-8,11-12,14H2,1-5H3,(H2,23,24,25);1H.